The number of carbonyl (C=O) groups is 10. The number of aliphatic carboxylic acids is 7. The van der Waals surface area contributed by atoms with Gasteiger partial charge in [0.25, 0.3) is 0 Å². The molecular weight excluding hydrogens is 1210 g/mol. The maximum Gasteiger partial charge on any atom is 0.326 e. The summed E-state index contributed by atoms with van der Waals surface area (Å²) in [4.78, 5) is 146. The van der Waals surface area contributed by atoms with Crippen molar-refractivity contribution >= 4 is 83.5 Å². The average Bonchev–Trinajstić information content (AvgIpc) is 0.946. The normalized spacial score (nSPS) is 17.7. The lowest BCUT2D eigenvalue weighted by molar-refractivity contribution is -0.142. The Bertz CT molecular complexity index is 2700. The highest BCUT2D eigenvalue weighted by atomic mass is 16.4. The number of nitrogens with one attached hydrogen (secondary N) is 4. The van der Waals surface area contributed by atoms with Crippen molar-refractivity contribution in [3.05, 3.63) is 29.8 Å². The van der Waals surface area contributed by atoms with E-state index in [9.17, 15) is 78.6 Å². The van der Waals surface area contributed by atoms with Crippen LogP contribution in [0, 0.1) is 5.92 Å². The maximum atomic E-state index is 12.4. The summed E-state index contributed by atoms with van der Waals surface area (Å²) in [7, 11) is 0. The van der Waals surface area contributed by atoms with Gasteiger partial charge < -0.3 is 71.6 Å². The summed E-state index contributed by atoms with van der Waals surface area (Å²) >= 11 is 0. The van der Waals surface area contributed by atoms with E-state index in [0.717, 1.165) is 95.8 Å². The Morgan fingerprint density at radius 3 is 1.62 bits per heavy atom. The molecule has 31 heteroatoms. The van der Waals surface area contributed by atoms with Gasteiger partial charge in [0.05, 0.1) is 32.2 Å². The highest BCUT2D eigenvalue weighted by Gasteiger charge is 2.30. The summed E-state index contributed by atoms with van der Waals surface area (Å²) in [6, 6.07) is 3.83. The first kappa shape index (κ1) is 75.8. The van der Waals surface area contributed by atoms with Crippen LogP contribution in [-0.2, 0) is 49.6 Å². The molecule has 3 amide bonds. The maximum absolute atomic E-state index is 12.4. The first-order chi connectivity index (χ1) is 44.6. The van der Waals surface area contributed by atoms with E-state index in [2.05, 4.69) is 36.0 Å². The summed E-state index contributed by atoms with van der Waals surface area (Å²) in [5, 5.41) is 77.7. The van der Waals surface area contributed by atoms with E-state index in [0.29, 0.717) is 101 Å². The zero-order valence-corrected chi connectivity index (χ0v) is 53.5. The number of amides is 3. The van der Waals surface area contributed by atoms with Crippen LogP contribution in [-0.4, -0.2) is 278 Å². The molecule has 11 N–H and O–H groups in total. The van der Waals surface area contributed by atoms with Crippen molar-refractivity contribution in [1.29, 1.82) is 0 Å². The Hall–Kier alpha value is -7.87. The number of unbranched alkanes of at least 4 members (excludes halogenated alkanes) is 8. The third-order valence-electron chi connectivity index (χ3n) is 17.0. The molecule has 3 aliphatic heterocycles. The lowest BCUT2D eigenvalue weighted by Crippen LogP contribution is -2.53. The fourth-order valence-electron chi connectivity index (χ4n) is 11.9. The monoisotopic (exact) mass is 1310 g/mol. The molecule has 0 aliphatic carbocycles. The lowest BCUT2D eigenvalue weighted by atomic mass is 9.92. The van der Waals surface area contributed by atoms with Crippen molar-refractivity contribution in [3.8, 4) is 0 Å². The van der Waals surface area contributed by atoms with E-state index in [1.807, 2.05) is 24.3 Å². The van der Waals surface area contributed by atoms with Crippen molar-refractivity contribution in [3.63, 3.8) is 0 Å². The second-order valence-corrected chi connectivity index (χ2v) is 24.4. The molecule has 93 heavy (non-hydrogen) atoms. The molecule has 3 saturated heterocycles. The average molecular weight is 1310 g/mol. The van der Waals surface area contributed by atoms with Crippen molar-refractivity contribution in [2.75, 3.05) is 139 Å². The molecule has 0 saturated carbocycles. The number of piperazine rings is 1. The summed E-state index contributed by atoms with van der Waals surface area (Å²) in [5.41, 5.74) is 1.49. The molecule has 0 radical (unpaired) electrons. The van der Waals surface area contributed by atoms with E-state index in [4.69, 9.17) is 20.1 Å². The number of nitrogens with zero attached hydrogens (tertiary/aromatic N) is 10. The molecular formula is C62H98N14O17. The molecule has 4 heterocycles. The number of carbonyl (C=O) groups excluding carboxylic acids is 3. The largest absolute Gasteiger partial charge is 0.481 e. The Morgan fingerprint density at radius 1 is 0.516 bits per heavy atom. The van der Waals surface area contributed by atoms with Crippen LogP contribution in [0.25, 0.3) is 0 Å². The highest BCUT2D eigenvalue weighted by Crippen LogP contribution is 2.28. The van der Waals surface area contributed by atoms with Crippen LogP contribution in [0.3, 0.4) is 0 Å². The van der Waals surface area contributed by atoms with Crippen LogP contribution >= 0.6 is 0 Å². The number of rotatable bonds is 41. The predicted molar refractivity (Wildman–Crippen MR) is 342 cm³/mol. The molecule has 0 bridgehead atoms. The van der Waals surface area contributed by atoms with Crippen molar-refractivity contribution in [2.45, 2.75) is 147 Å². The van der Waals surface area contributed by atoms with E-state index in [-0.39, 0.29) is 104 Å². The van der Waals surface area contributed by atoms with Gasteiger partial charge >= 0.3 is 47.8 Å². The minimum absolute atomic E-state index is 0.0694. The SMILES string of the molecule is O=C[C@H](CCC(=O)O)NC(=O)N[C@@H](CCCCNC(=O)CCCCCCCCCCN1CCN(c2nc(Nc3ccc(CC4CN(CC(=O)O)CCN(CC(=O)O)CCN(CC(=O)O)CCN4CC(=O)O)cc3)nc(N3CCC(CCCC(=O)O)CC3)n2)CC1)C(=O)O. The van der Waals surface area contributed by atoms with Crippen molar-refractivity contribution < 1.29 is 83.7 Å². The quantitative estimate of drug-likeness (QED) is 0.0337. The zero-order valence-electron chi connectivity index (χ0n) is 53.5. The van der Waals surface area contributed by atoms with Crippen LogP contribution in [0.2, 0.25) is 0 Å². The molecule has 0 spiro atoms. The number of hydrogen-bond acceptors (Lipinski definition) is 21. The van der Waals surface area contributed by atoms with Gasteiger partial charge in [-0.05, 0) is 101 Å². The summed E-state index contributed by atoms with van der Waals surface area (Å²) < 4.78 is 0. The first-order valence-electron chi connectivity index (χ1n) is 32.7. The number of anilines is 4. The molecule has 1 aromatic carbocycles. The van der Waals surface area contributed by atoms with Gasteiger partial charge in [0, 0.05) is 123 Å². The van der Waals surface area contributed by atoms with Crippen molar-refractivity contribution in [2.24, 2.45) is 5.92 Å². The molecule has 3 atom stereocenters. The molecule has 2 aromatic rings. The number of aldehydes is 1. The van der Waals surface area contributed by atoms with E-state index in [1.165, 1.54) is 0 Å². The van der Waals surface area contributed by atoms with Crippen LogP contribution in [0.5, 0.6) is 0 Å². The summed E-state index contributed by atoms with van der Waals surface area (Å²) in [6.07, 6.45) is 13.3. The van der Waals surface area contributed by atoms with Crippen molar-refractivity contribution in [1.82, 2.24) is 55.4 Å². The third-order valence-corrected chi connectivity index (χ3v) is 17.0. The molecule has 1 aromatic heterocycles. The number of carboxylic acid groups (broad SMARTS) is 7. The number of urea groups is 1. The van der Waals surface area contributed by atoms with Gasteiger partial charge in [-0.15, -0.1) is 0 Å². The molecule has 3 aliphatic rings. The van der Waals surface area contributed by atoms with Gasteiger partial charge in [-0.3, -0.25) is 58.1 Å². The van der Waals surface area contributed by atoms with Crippen LogP contribution < -0.4 is 31.1 Å². The van der Waals surface area contributed by atoms with Gasteiger partial charge in [-0.1, -0.05) is 50.7 Å². The molecule has 31 nitrogen and oxygen atoms in total. The van der Waals surface area contributed by atoms with Gasteiger partial charge in [-0.25, -0.2) is 9.59 Å². The standard InChI is InChI=1S/C62H98N14O17/c77-44-48(20-21-53(81)82)65-62(93)66-50(58(91)92)13-8-9-24-63-51(78)14-7-5-3-1-2-4-6-10-25-70-32-35-75(36-33-70)61-68-59(67-60(69-61)74-26-22-45(23-27-74)12-11-15-52(79)80)64-47-18-16-46(17-19-47)38-49-39-73(42-56(87)88)31-30-71(40-54(83)84)28-29-72(41-55(85)86)34-37-76(49)43-57(89)90/h16-19,44-45,48-50H,1-15,20-43H2,(H,63,78)(H,79,80)(H,81,82)(H,83,84)(H,85,86)(H,87,88)(H,89,90)(H,91,92)(H2,65,66,93)(H,64,67,68,69)/t48-,49?,50-/m0/s1. The van der Waals surface area contributed by atoms with Gasteiger partial charge in [0.15, 0.2) is 0 Å². The number of benzene rings is 1. The lowest BCUT2D eigenvalue weighted by Gasteiger charge is -2.37. The summed E-state index contributed by atoms with van der Waals surface area (Å²) in [6.45, 7) is 5.67. The Kier molecular flexibility index (Phi) is 34.0. The van der Waals surface area contributed by atoms with Gasteiger partial charge in [-0.2, -0.15) is 15.0 Å². The minimum atomic E-state index is -1.25. The van der Waals surface area contributed by atoms with Crippen LogP contribution in [0.4, 0.5) is 28.3 Å². The third kappa shape index (κ3) is 31.1. The number of aromatic nitrogens is 3. The second kappa shape index (κ2) is 41.7. The fourth-order valence-corrected chi connectivity index (χ4v) is 11.9. The van der Waals surface area contributed by atoms with E-state index in [1.54, 1.807) is 19.6 Å². The van der Waals surface area contributed by atoms with E-state index >= 15 is 0 Å². The number of piperidine rings is 1. The smallest absolute Gasteiger partial charge is 0.326 e. The topological polar surface area (TPSA) is 422 Å². The predicted octanol–water partition coefficient (Wildman–Crippen LogP) is 2.66. The van der Waals surface area contributed by atoms with Crippen LogP contribution in [0.1, 0.15) is 128 Å². The molecule has 518 valence electrons. The Balaban J connectivity index is 1.10. The number of hydrogen-bond donors (Lipinski definition) is 11. The molecule has 3 fully saturated rings. The molecule has 1 unspecified atom stereocenters. The number of carboxylic acids is 7. The first-order valence-corrected chi connectivity index (χ1v) is 32.7. The van der Waals surface area contributed by atoms with Gasteiger partial charge in [0.1, 0.15) is 12.3 Å². The Morgan fingerprint density at radius 2 is 1.05 bits per heavy atom. The second-order valence-electron chi connectivity index (χ2n) is 24.4. The van der Waals surface area contributed by atoms with E-state index < -0.39 is 65.9 Å². The fraction of sp³-hybridized carbons (Fsp3) is 0.694. The molecule has 5 rings (SSSR count). The Labute approximate surface area is 542 Å². The van der Waals surface area contributed by atoms with Crippen LogP contribution in [0.15, 0.2) is 24.3 Å². The zero-order chi connectivity index (χ0) is 67.5. The summed E-state index contributed by atoms with van der Waals surface area (Å²) in [5.74, 6) is -5.76. The van der Waals surface area contributed by atoms with Gasteiger partial charge in [0.2, 0.25) is 23.8 Å². The minimum Gasteiger partial charge on any atom is -0.481 e. The highest BCUT2D eigenvalue weighted by molar-refractivity contribution is 5.84.